The Hall–Kier alpha value is -3.02. The standard InChI is InChI=1S/C17H17N3O3/c1-22-15-5-2-10-20-12-13(19-17(15)20)8-9-18-16(21)7-6-14-4-3-11-23-14/h2-7,10-12H,8-9H2,1H3,(H,18,21)/b7-6+. The first-order chi connectivity index (χ1) is 11.3. The molecular formula is C17H17N3O3. The van der Waals surface area contributed by atoms with Crippen molar-refractivity contribution in [1.29, 1.82) is 0 Å². The number of methoxy groups -OCH3 is 1. The number of pyridine rings is 1. The number of rotatable bonds is 6. The summed E-state index contributed by atoms with van der Waals surface area (Å²) < 4.78 is 12.3. The summed E-state index contributed by atoms with van der Waals surface area (Å²) >= 11 is 0. The van der Waals surface area contributed by atoms with Gasteiger partial charge in [0.15, 0.2) is 11.4 Å². The van der Waals surface area contributed by atoms with Gasteiger partial charge in [0.2, 0.25) is 5.91 Å². The topological polar surface area (TPSA) is 68.8 Å². The number of hydrogen-bond acceptors (Lipinski definition) is 4. The second kappa shape index (κ2) is 6.83. The van der Waals surface area contributed by atoms with E-state index in [1.807, 2.05) is 28.9 Å². The molecule has 0 unspecified atom stereocenters. The number of nitrogens with one attached hydrogen (secondary N) is 1. The normalized spacial score (nSPS) is 11.2. The van der Waals surface area contributed by atoms with Crippen LogP contribution in [-0.2, 0) is 11.2 Å². The van der Waals surface area contributed by atoms with Gasteiger partial charge in [0.05, 0.1) is 19.1 Å². The Morgan fingerprint density at radius 3 is 3.13 bits per heavy atom. The molecule has 0 radical (unpaired) electrons. The molecule has 0 bridgehead atoms. The molecule has 3 aromatic heterocycles. The van der Waals surface area contributed by atoms with Gasteiger partial charge in [-0.2, -0.15) is 0 Å². The Labute approximate surface area is 133 Å². The van der Waals surface area contributed by atoms with Crippen LogP contribution in [-0.4, -0.2) is 28.9 Å². The zero-order valence-corrected chi connectivity index (χ0v) is 12.7. The number of carbonyl (C=O) groups is 1. The van der Waals surface area contributed by atoms with Crippen LogP contribution < -0.4 is 10.1 Å². The largest absolute Gasteiger partial charge is 0.493 e. The Kier molecular flexibility index (Phi) is 4.42. The second-order valence-corrected chi connectivity index (χ2v) is 4.93. The van der Waals surface area contributed by atoms with Crippen LogP contribution in [0, 0.1) is 0 Å². The quantitative estimate of drug-likeness (QED) is 0.709. The molecule has 0 aromatic carbocycles. The lowest BCUT2D eigenvalue weighted by Gasteiger charge is -2.00. The summed E-state index contributed by atoms with van der Waals surface area (Å²) in [5.74, 6) is 1.21. The van der Waals surface area contributed by atoms with Crippen molar-refractivity contribution in [1.82, 2.24) is 14.7 Å². The molecule has 0 aliphatic carbocycles. The third-order valence-corrected chi connectivity index (χ3v) is 3.34. The SMILES string of the molecule is COc1cccn2cc(CCNC(=O)/C=C/c3ccco3)nc12. The summed E-state index contributed by atoms with van der Waals surface area (Å²) in [6.07, 6.45) is 9.14. The van der Waals surface area contributed by atoms with Crippen molar-refractivity contribution in [2.75, 3.05) is 13.7 Å². The molecule has 0 atom stereocenters. The van der Waals surface area contributed by atoms with Gasteiger partial charge in [-0.3, -0.25) is 4.79 Å². The summed E-state index contributed by atoms with van der Waals surface area (Å²) in [6, 6.07) is 7.33. The highest BCUT2D eigenvalue weighted by molar-refractivity contribution is 5.91. The van der Waals surface area contributed by atoms with Crippen molar-refractivity contribution < 1.29 is 13.9 Å². The molecule has 3 heterocycles. The van der Waals surface area contributed by atoms with E-state index in [-0.39, 0.29) is 5.91 Å². The molecule has 1 N–H and O–H groups in total. The highest BCUT2D eigenvalue weighted by atomic mass is 16.5. The first-order valence-corrected chi connectivity index (χ1v) is 7.26. The minimum Gasteiger partial charge on any atom is -0.493 e. The number of hydrogen-bond donors (Lipinski definition) is 1. The lowest BCUT2D eigenvalue weighted by molar-refractivity contribution is -0.116. The van der Waals surface area contributed by atoms with Crippen LogP contribution in [0.3, 0.4) is 0 Å². The molecule has 0 saturated heterocycles. The molecule has 3 rings (SSSR count). The molecule has 3 aromatic rings. The first-order valence-electron chi connectivity index (χ1n) is 7.26. The average Bonchev–Trinajstić information content (AvgIpc) is 3.21. The minimum atomic E-state index is -0.164. The van der Waals surface area contributed by atoms with Gasteiger partial charge >= 0.3 is 0 Å². The van der Waals surface area contributed by atoms with Crippen LogP contribution in [0.2, 0.25) is 0 Å². The third-order valence-electron chi connectivity index (χ3n) is 3.34. The van der Waals surface area contributed by atoms with Crippen LogP contribution >= 0.6 is 0 Å². The number of amides is 1. The van der Waals surface area contributed by atoms with Gasteiger partial charge in [0.1, 0.15) is 5.76 Å². The fourth-order valence-corrected chi connectivity index (χ4v) is 2.23. The molecule has 23 heavy (non-hydrogen) atoms. The smallest absolute Gasteiger partial charge is 0.244 e. The van der Waals surface area contributed by atoms with E-state index < -0.39 is 0 Å². The Balaban J connectivity index is 1.55. The molecule has 0 aliphatic heterocycles. The fraction of sp³-hybridized carbons (Fsp3) is 0.176. The second-order valence-electron chi connectivity index (χ2n) is 4.93. The van der Waals surface area contributed by atoms with Gasteiger partial charge in [-0.15, -0.1) is 0 Å². The summed E-state index contributed by atoms with van der Waals surface area (Å²) in [5, 5.41) is 2.82. The number of fused-ring (bicyclic) bond motifs is 1. The van der Waals surface area contributed by atoms with E-state index in [4.69, 9.17) is 9.15 Å². The number of furan rings is 1. The average molecular weight is 311 g/mol. The van der Waals surface area contributed by atoms with Crippen LogP contribution in [0.25, 0.3) is 11.7 Å². The minimum absolute atomic E-state index is 0.164. The third kappa shape index (κ3) is 3.60. The molecule has 0 aliphatic rings. The predicted octanol–water partition coefficient (Wildman–Crippen LogP) is 2.31. The van der Waals surface area contributed by atoms with Gasteiger partial charge in [-0.25, -0.2) is 4.98 Å². The molecular weight excluding hydrogens is 294 g/mol. The lowest BCUT2D eigenvalue weighted by Crippen LogP contribution is -2.23. The van der Waals surface area contributed by atoms with E-state index in [0.29, 0.717) is 18.7 Å². The van der Waals surface area contributed by atoms with Crippen LogP contribution in [0.4, 0.5) is 0 Å². The number of nitrogens with zero attached hydrogens (tertiary/aromatic N) is 2. The maximum Gasteiger partial charge on any atom is 0.244 e. The van der Waals surface area contributed by atoms with E-state index in [0.717, 1.165) is 17.1 Å². The Morgan fingerprint density at radius 2 is 2.35 bits per heavy atom. The Morgan fingerprint density at radius 1 is 1.43 bits per heavy atom. The monoisotopic (exact) mass is 311 g/mol. The summed E-state index contributed by atoms with van der Waals surface area (Å²) in [5.41, 5.74) is 1.67. The highest BCUT2D eigenvalue weighted by Crippen LogP contribution is 2.18. The van der Waals surface area contributed by atoms with Crippen molar-refractivity contribution in [3.05, 3.63) is 60.5 Å². The van der Waals surface area contributed by atoms with E-state index >= 15 is 0 Å². The van der Waals surface area contributed by atoms with Gasteiger partial charge in [-0.1, -0.05) is 0 Å². The molecule has 0 spiro atoms. The van der Waals surface area contributed by atoms with E-state index in [2.05, 4.69) is 10.3 Å². The van der Waals surface area contributed by atoms with Crippen molar-refractivity contribution in [2.24, 2.45) is 0 Å². The van der Waals surface area contributed by atoms with Crippen LogP contribution in [0.1, 0.15) is 11.5 Å². The maximum atomic E-state index is 11.7. The summed E-state index contributed by atoms with van der Waals surface area (Å²) in [6.45, 7) is 0.507. The molecule has 6 heteroatoms. The first kappa shape index (κ1) is 14.9. The van der Waals surface area contributed by atoms with Crippen molar-refractivity contribution in [3.63, 3.8) is 0 Å². The molecule has 1 amide bonds. The van der Waals surface area contributed by atoms with Gasteiger partial charge in [0, 0.05) is 31.4 Å². The lowest BCUT2D eigenvalue weighted by atomic mass is 10.3. The van der Waals surface area contributed by atoms with E-state index in [1.54, 1.807) is 31.6 Å². The maximum absolute atomic E-state index is 11.7. The molecule has 0 saturated carbocycles. The van der Waals surface area contributed by atoms with Gasteiger partial charge < -0.3 is 18.9 Å². The van der Waals surface area contributed by atoms with Crippen LogP contribution in [0.15, 0.2) is 53.4 Å². The number of carbonyl (C=O) groups excluding carboxylic acids is 1. The Bertz CT molecular complexity index is 819. The van der Waals surface area contributed by atoms with E-state index in [9.17, 15) is 4.79 Å². The zero-order chi connectivity index (χ0) is 16.1. The number of ether oxygens (including phenoxy) is 1. The summed E-state index contributed by atoms with van der Waals surface area (Å²) in [7, 11) is 1.62. The summed E-state index contributed by atoms with van der Waals surface area (Å²) in [4.78, 5) is 16.2. The van der Waals surface area contributed by atoms with Crippen molar-refractivity contribution in [3.8, 4) is 5.75 Å². The number of imidazole rings is 1. The van der Waals surface area contributed by atoms with Gasteiger partial charge in [-0.05, 0) is 30.3 Å². The predicted molar refractivity (Wildman–Crippen MR) is 86.2 cm³/mol. The van der Waals surface area contributed by atoms with Crippen LogP contribution in [0.5, 0.6) is 5.75 Å². The molecule has 6 nitrogen and oxygen atoms in total. The van der Waals surface area contributed by atoms with E-state index in [1.165, 1.54) is 6.08 Å². The molecule has 0 fully saturated rings. The zero-order valence-electron chi connectivity index (χ0n) is 12.7. The van der Waals surface area contributed by atoms with Crippen molar-refractivity contribution >= 4 is 17.6 Å². The number of aromatic nitrogens is 2. The molecule has 118 valence electrons. The highest BCUT2D eigenvalue weighted by Gasteiger charge is 2.06. The fourth-order valence-electron chi connectivity index (χ4n) is 2.23. The van der Waals surface area contributed by atoms with Crippen molar-refractivity contribution in [2.45, 2.75) is 6.42 Å². The van der Waals surface area contributed by atoms with Gasteiger partial charge in [0.25, 0.3) is 0 Å².